The molecule has 0 spiro atoms. The van der Waals surface area contributed by atoms with Gasteiger partial charge in [-0.05, 0) is 31.0 Å². The van der Waals surface area contributed by atoms with Gasteiger partial charge < -0.3 is 14.9 Å². The lowest BCUT2D eigenvalue weighted by atomic mass is 9.93. The molecule has 0 aliphatic carbocycles. The van der Waals surface area contributed by atoms with E-state index in [1.54, 1.807) is 13.0 Å². The van der Waals surface area contributed by atoms with E-state index in [0.29, 0.717) is 12.2 Å². The lowest BCUT2D eigenvalue weighted by molar-refractivity contribution is -0.151. The van der Waals surface area contributed by atoms with E-state index in [1.807, 2.05) is 6.92 Å². The molecular weight excluding hydrogens is 260 g/mol. The minimum atomic E-state index is -1.09. The molecule has 0 aliphatic rings. The van der Waals surface area contributed by atoms with E-state index in [9.17, 15) is 15.0 Å². The number of carbonyl (C=O) groups excluding carboxylic acids is 1. The summed E-state index contributed by atoms with van der Waals surface area (Å²) in [6.07, 6.45) is 1.97. The SMILES string of the molecule is CCCCOC(=O)C(C)(Cc1ccc(O)c(O)c1)NN. The fourth-order valence-corrected chi connectivity index (χ4v) is 1.74. The first-order valence-electron chi connectivity index (χ1n) is 6.59. The number of carbonyl (C=O) groups is 1. The van der Waals surface area contributed by atoms with Gasteiger partial charge in [0.1, 0.15) is 5.54 Å². The first kappa shape index (κ1) is 16.3. The molecule has 0 aromatic heterocycles. The predicted octanol–water partition coefficient (Wildman–Crippen LogP) is 1.21. The van der Waals surface area contributed by atoms with E-state index in [1.165, 1.54) is 12.1 Å². The monoisotopic (exact) mass is 282 g/mol. The fourth-order valence-electron chi connectivity index (χ4n) is 1.74. The maximum absolute atomic E-state index is 12.1. The molecule has 1 aromatic rings. The summed E-state index contributed by atoms with van der Waals surface area (Å²) in [7, 11) is 0. The van der Waals surface area contributed by atoms with E-state index in [-0.39, 0.29) is 17.9 Å². The van der Waals surface area contributed by atoms with Gasteiger partial charge in [0.25, 0.3) is 0 Å². The van der Waals surface area contributed by atoms with Crippen molar-refractivity contribution in [2.45, 2.75) is 38.6 Å². The molecule has 0 saturated heterocycles. The lowest BCUT2D eigenvalue weighted by Crippen LogP contribution is -2.55. The van der Waals surface area contributed by atoms with Gasteiger partial charge >= 0.3 is 5.97 Å². The van der Waals surface area contributed by atoms with Crippen LogP contribution in [0.1, 0.15) is 32.3 Å². The van der Waals surface area contributed by atoms with E-state index < -0.39 is 11.5 Å². The molecule has 0 fully saturated rings. The summed E-state index contributed by atoms with van der Waals surface area (Å²) in [5.74, 6) is 4.58. The third-order valence-electron chi connectivity index (χ3n) is 3.10. The van der Waals surface area contributed by atoms with Crippen LogP contribution in [0.5, 0.6) is 11.5 Å². The number of aromatic hydroxyl groups is 2. The molecule has 0 radical (unpaired) electrons. The van der Waals surface area contributed by atoms with Gasteiger partial charge in [-0.1, -0.05) is 19.4 Å². The molecule has 0 aliphatic heterocycles. The minimum absolute atomic E-state index is 0.207. The zero-order chi connectivity index (χ0) is 15.2. The van der Waals surface area contributed by atoms with Crippen molar-refractivity contribution >= 4 is 5.97 Å². The number of hydrogen-bond acceptors (Lipinski definition) is 6. The Bertz CT molecular complexity index is 464. The molecule has 1 aromatic carbocycles. The van der Waals surface area contributed by atoms with E-state index in [2.05, 4.69) is 5.43 Å². The summed E-state index contributed by atoms with van der Waals surface area (Å²) >= 11 is 0. The number of nitrogens with two attached hydrogens (primary N) is 1. The molecule has 0 amide bonds. The average Bonchev–Trinajstić information content (AvgIpc) is 2.43. The average molecular weight is 282 g/mol. The second-order valence-electron chi connectivity index (χ2n) is 4.97. The van der Waals surface area contributed by atoms with Crippen LogP contribution in [0.4, 0.5) is 0 Å². The third-order valence-corrected chi connectivity index (χ3v) is 3.10. The molecule has 0 saturated carbocycles. The molecule has 0 heterocycles. The van der Waals surface area contributed by atoms with Crippen LogP contribution in [-0.4, -0.2) is 28.3 Å². The van der Waals surface area contributed by atoms with E-state index in [4.69, 9.17) is 10.6 Å². The first-order chi connectivity index (χ1) is 9.42. The molecule has 6 nitrogen and oxygen atoms in total. The molecule has 1 unspecified atom stereocenters. The summed E-state index contributed by atoms with van der Waals surface area (Å²) < 4.78 is 5.17. The van der Waals surface area contributed by atoms with Gasteiger partial charge in [-0.25, -0.2) is 10.2 Å². The highest BCUT2D eigenvalue weighted by molar-refractivity contribution is 5.80. The zero-order valence-electron chi connectivity index (χ0n) is 11.8. The Kier molecular flexibility index (Phi) is 5.79. The van der Waals surface area contributed by atoms with Crippen LogP contribution in [0, 0.1) is 0 Å². The highest BCUT2D eigenvalue weighted by Crippen LogP contribution is 2.27. The van der Waals surface area contributed by atoms with Gasteiger partial charge in [0, 0.05) is 6.42 Å². The minimum Gasteiger partial charge on any atom is -0.504 e. The first-order valence-corrected chi connectivity index (χ1v) is 6.59. The van der Waals surface area contributed by atoms with Crippen LogP contribution in [0.15, 0.2) is 18.2 Å². The van der Waals surface area contributed by atoms with Gasteiger partial charge in [-0.15, -0.1) is 0 Å². The second kappa shape index (κ2) is 7.12. The number of nitrogens with one attached hydrogen (secondary N) is 1. The number of hydrogen-bond donors (Lipinski definition) is 4. The largest absolute Gasteiger partial charge is 0.504 e. The molecule has 6 heteroatoms. The van der Waals surface area contributed by atoms with Crippen molar-refractivity contribution in [3.63, 3.8) is 0 Å². The van der Waals surface area contributed by atoms with Gasteiger partial charge in [-0.3, -0.25) is 5.84 Å². The topological polar surface area (TPSA) is 105 Å². The maximum atomic E-state index is 12.1. The second-order valence-corrected chi connectivity index (χ2v) is 4.97. The van der Waals surface area contributed by atoms with Crippen LogP contribution in [0.3, 0.4) is 0 Å². The standard InChI is InChI=1S/C14H22N2O4/c1-3-4-7-20-13(19)14(2,16-15)9-10-5-6-11(17)12(18)8-10/h5-6,8,16-18H,3-4,7,9,15H2,1-2H3. The Labute approximate surface area is 118 Å². The Morgan fingerprint density at radius 1 is 1.40 bits per heavy atom. The Morgan fingerprint density at radius 3 is 2.65 bits per heavy atom. The Morgan fingerprint density at radius 2 is 2.10 bits per heavy atom. The Hall–Kier alpha value is -1.79. The number of ether oxygens (including phenoxy) is 1. The van der Waals surface area contributed by atoms with Crippen molar-refractivity contribution in [1.82, 2.24) is 5.43 Å². The van der Waals surface area contributed by atoms with Crippen LogP contribution in [0.2, 0.25) is 0 Å². The summed E-state index contributed by atoms with van der Waals surface area (Å²) in [5, 5.41) is 18.7. The maximum Gasteiger partial charge on any atom is 0.327 e. The molecule has 1 rings (SSSR count). The van der Waals surface area contributed by atoms with Crippen LogP contribution in [0.25, 0.3) is 0 Å². The molecule has 5 N–H and O–H groups in total. The summed E-state index contributed by atoms with van der Waals surface area (Å²) in [6, 6.07) is 4.37. The van der Waals surface area contributed by atoms with Crippen LogP contribution < -0.4 is 11.3 Å². The summed E-state index contributed by atoms with van der Waals surface area (Å²) in [6.45, 7) is 3.99. The quantitative estimate of drug-likeness (QED) is 0.197. The van der Waals surface area contributed by atoms with Crippen molar-refractivity contribution in [2.75, 3.05) is 6.61 Å². The number of unbranched alkanes of at least 4 members (excludes halogenated alkanes) is 1. The van der Waals surface area contributed by atoms with Crippen LogP contribution >= 0.6 is 0 Å². The van der Waals surface area contributed by atoms with Crippen molar-refractivity contribution in [1.29, 1.82) is 0 Å². The highest BCUT2D eigenvalue weighted by Gasteiger charge is 2.34. The van der Waals surface area contributed by atoms with Gasteiger partial charge in [0.15, 0.2) is 11.5 Å². The van der Waals surface area contributed by atoms with E-state index >= 15 is 0 Å². The summed E-state index contributed by atoms with van der Waals surface area (Å²) in [5.41, 5.74) is 2.04. The van der Waals surface area contributed by atoms with Crippen molar-refractivity contribution in [3.8, 4) is 11.5 Å². The van der Waals surface area contributed by atoms with Gasteiger partial charge in [0.2, 0.25) is 0 Å². The molecule has 112 valence electrons. The smallest absolute Gasteiger partial charge is 0.327 e. The number of phenols is 2. The molecular formula is C14H22N2O4. The molecule has 0 bridgehead atoms. The van der Waals surface area contributed by atoms with Crippen molar-refractivity contribution in [3.05, 3.63) is 23.8 Å². The molecule has 20 heavy (non-hydrogen) atoms. The number of rotatable bonds is 7. The van der Waals surface area contributed by atoms with E-state index in [0.717, 1.165) is 12.8 Å². The highest BCUT2D eigenvalue weighted by atomic mass is 16.5. The van der Waals surface area contributed by atoms with Crippen molar-refractivity contribution < 1.29 is 19.7 Å². The summed E-state index contributed by atoms with van der Waals surface area (Å²) in [4.78, 5) is 12.1. The number of hydrazine groups is 1. The Balaban J connectivity index is 2.77. The fraction of sp³-hybridized carbons (Fsp3) is 0.500. The van der Waals surface area contributed by atoms with Crippen molar-refractivity contribution in [2.24, 2.45) is 5.84 Å². The van der Waals surface area contributed by atoms with Gasteiger partial charge in [-0.2, -0.15) is 0 Å². The number of benzene rings is 1. The predicted molar refractivity (Wildman–Crippen MR) is 75.1 cm³/mol. The number of phenolic OH excluding ortho intramolecular Hbond substituents is 2. The lowest BCUT2D eigenvalue weighted by Gasteiger charge is -2.26. The van der Waals surface area contributed by atoms with Crippen LogP contribution in [-0.2, 0) is 16.0 Å². The molecule has 1 atom stereocenters. The third kappa shape index (κ3) is 4.11. The zero-order valence-corrected chi connectivity index (χ0v) is 11.8. The number of esters is 1. The van der Waals surface area contributed by atoms with Gasteiger partial charge in [0.05, 0.1) is 6.61 Å². The normalized spacial score (nSPS) is 13.8.